The van der Waals surface area contributed by atoms with Crippen molar-refractivity contribution in [2.75, 3.05) is 7.11 Å². The topological polar surface area (TPSA) is 52.6 Å². The number of benzene rings is 3. The zero-order valence-corrected chi connectivity index (χ0v) is 14.9. The number of hydrogen-bond donors (Lipinski definition) is 0. The first kappa shape index (κ1) is 15.7. The second-order valence-electron chi connectivity index (χ2n) is 6.57. The standard InChI is InChI=1S/C23H16O4/c1-13-21-19(20(12-26-21)14-6-5-7-15(10-14)25-2)11-18-16-8-3-4-9-17(16)23(24)27-22(13)18/h3-12H,1-2H3. The Morgan fingerprint density at radius 2 is 1.67 bits per heavy atom. The minimum Gasteiger partial charge on any atom is -0.497 e. The zero-order chi connectivity index (χ0) is 18.5. The fraction of sp³-hybridized carbons (Fsp3) is 0.0870. The lowest BCUT2D eigenvalue weighted by molar-refractivity contribution is 0.415. The minimum atomic E-state index is -0.333. The van der Waals surface area contributed by atoms with Crippen molar-refractivity contribution in [1.82, 2.24) is 0 Å². The van der Waals surface area contributed by atoms with E-state index in [1.165, 1.54) is 0 Å². The number of ether oxygens (including phenoxy) is 1. The van der Waals surface area contributed by atoms with Gasteiger partial charge in [-0.2, -0.15) is 0 Å². The second-order valence-corrected chi connectivity index (χ2v) is 6.57. The molecule has 5 rings (SSSR count). The monoisotopic (exact) mass is 356 g/mol. The van der Waals surface area contributed by atoms with Crippen molar-refractivity contribution in [2.45, 2.75) is 6.92 Å². The Kier molecular flexibility index (Phi) is 3.34. The van der Waals surface area contributed by atoms with Gasteiger partial charge in [-0.25, -0.2) is 4.79 Å². The first-order valence-corrected chi connectivity index (χ1v) is 8.68. The molecule has 27 heavy (non-hydrogen) atoms. The molecule has 0 aliphatic carbocycles. The molecular formula is C23H16O4. The van der Waals surface area contributed by atoms with Crippen molar-refractivity contribution in [1.29, 1.82) is 0 Å². The lowest BCUT2D eigenvalue weighted by Crippen LogP contribution is -2.00. The molecule has 0 amide bonds. The quantitative estimate of drug-likeness (QED) is 0.302. The molecule has 0 spiro atoms. The number of fused-ring (bicyclic) bond motifs is 4. The summed E-state index contributed by atoms with van der Waals surface area (Å²) in [5.41, 5.74) is 3.76. The summed E-state index contributed by atoms with van der Waals surface area (Å²) in [4.78, 5) is 12.4. The third-order valence-electron chi connectivity index (χ3n) is 5.06. The lowest BCUT2D eigenvalue weighted by atomic mass is 9.99. The highest BCUT2D eigenvalue weighted by atomic mass is 16.5. The van der Waals surface area contributed by atoms with Crippen LogP contribution < -0.4 is 10.4 Å². The fourth-order valence-electron chi connectivity index (χ4n) is 3.71. The zero-order valence-electron chi connectivity index (χ0n) is 14.9. The molecule has 132 valence electrons. The highest BCUT2D eigenvalue weighted by molar-refractivity contribution is 6.12. The van der Waals surface area contributed by atoms with Crippen LogP contribution in [0.5, 0.6) is 5.75 Å². The van der Waals surface area contributed by atoms with E-state index in [1.807, 2.05) is 55.5 Å². The largest absolute Gasteiger partial charge is 0.497 e. The van der Waals surface area contributed by atoms with Gasteiger partial charge in [0.15, 0.2) is 0 Å². The molecule has 0 saturated heterocycles. The first-order chi connectivity index (χ1) is 13.2. The predicted octanol–water partition coefficient (Wildman–Crippen LogP) is 5.68. The van der Waals surface area contributed by atoms with Crippen LogP contribution in [0.25, 0.3) is 43.8 Å². The summed E-state index contributed by atoms with van der Waals surface area (Å²) in [6.45, 7) is 1.92. The maximum absolute atomic E-state index is 12.4. The van der Waals surface area contributed by atoms with Crippen molar-refractivity contribution >= 4 is 32.7 Å². The Morgan fingerprint density at radius 3 is 2.48 bits per heavy atom. The van der Waals surface area contributed by atoms with Gasteiger partial charge in [-0.1, -0.05) is 30.3 Å². The van der Waals surface area contributed by atoms with E-state index < -0.39 is 0 Å². The van der Waals surface area contributed by atoms with Crippen molar-refractivity contribution in [3.63, 3.8) is 0 Å². The molecule has 0 N–H and O–H groups in total. The third-order valence-corrected chi connectivity index (χ3v) is 5.06. The number of rotatable bonds is 2. The van der Waals surface area contributed by atoms with E-state index >= 15 is 0 Å². The van der Waals surface area contributed by atoms with E-state index in [4.69, 9.17) is 13.6 Å². The summed E-state index contributed by atoms with van der Waals surface area (Å²) in [6, 6.07) is 17.4. The van der Waals surface area contributed by atoms with E-state index in [9.17, 15) is 4.79 Å². The molecule has 0 unspecified atom stereocenters. The molecule has 0 atom stereocenters. The smallest absolute Gasteiger partial charge is 0.344 e. The summed E-state index contributed by atoms with van der Waals surface area (Å²) >= 11 is 0. The lowest BCUT2D eigenvalue weighted by Gasteiger charge is -2.07. The van der Waals surface area contributed by atoms with Gasteiger partial charge in [-0.15, -0.1) is 0 Å². The Balaban J connectivity index is 1.91. The van der Waals surface area contributed by atoms with Crippen LogP contribution in [0.4, 0.5) is 0 Å². The van der Waals surface area contributed by atoms with Crippen molar-refractivity contribution in [2.24, 2.45) is 0 Å². The van der Waals surface area contributed by atoms with Crippen molar-refractivity contribution in [3.05, 3.63) is 76.8 Å². The van der Waals surface area contributed by atoms with E-state index in [2.05, 4.69) is 0 Å². The molecule has 0 radical (unpaired) electrons. The van der Waals surface area contributed by atoms with E-state index in [0.29, 0.717) is 11.0 Å². The molecule has 0 aliphatic rings. The Hall–Kier alpha value is -3.53. The Bertz CT molecular complexity index is 1390. The van der Waals surface area contributed by atoms with Gasteiger partial charge in [0, 0.05) is 21.9 Å². The van der Waals surface area contributed by atoms with Gasteiger partial charge >= 0.3 is 5.63 Å². The highest BCUT2D eigenvalue weighted by Gasteiger charge is 2.17. The highest BCUT2D eigenvalue weighted by Crippen LogP contribution is 2.38. The average Bonchev–Trinajstić information content (AvgIpc) is 3.14. The number of aryl methyl sites for hydroxylation is 1. The molecule has 0 bridgehead atoms. The maximum Gasteiger partial charge on any atom is 0.344 e. The molecule has 5 aromatic rings. The molecular weight excluding hydrogens is 340 g/mol. The third kappa shape index (κ3) is 2.27. The molecule has 0 aliphatic heterocycles. The van der Waals surface area contributed by atoms with Gasteiger partial charge in [0.2, 0.25) is 0 Å². The van der Waals surface area contributed by atoms with Crippen molar-refractivity contribution in [3.8, 4) is 16.9 Å². The van der Waals surface area contributed by atoms with E-state index in [1.54, 1.807) is 19.4 Å². The van der Waals surface area contributed by atoms with Gasteiger partial charge in [0.1, 0.15) is 16.9 Å². The molecule has 2 aromatic heterocycles. The van der Waals surface area contributed by atoms with Crippen LogP contribution in [-0.4, -0.2) is 7.11 Å². The van der Waals surface area contributed by atoms with Crippen LogP contribution in [0, 0.1) is 6.92 Å². The second kappa shape index (κ2) is 5.74. The minimum absolute atomic E-state index is 0.333. The summed E-state index contributed by atoms with van der Waals surface area (Å²) in [5.74, 6) is 0.788. The Labute approximate surface area is 154 Å². The number of methoxy groups -OCH3 is 1. The van der Waals surface area contributed by atoms with Gasteiger partial charge in [0.05, 0.1) is 18.8 Å². The molecule has 0 fully saturated rings. The van der Waals surface area contributed by atoms with Crippen molar-refractivity contribution < 1.29 is 13.6 Å². The molecule has 4 nitrogen and oxygen atoms in total. The summed E-state index contributed by atoms with van der Waals surface area (Å²) < 4.78 is 16.8. The molecule has 0 saturated carbocycles. The van der Waals surface area contributed by atoms with Gasteiger partial charge in [0.25, 0.3) is 0 Å². The van der Waals surface area contributed by atoms with Gasteiger partial charge in [-0.3, -0.25) is 0 Å². The van der Waals surface area contributed by atoms with Crippen LogP contribution >= 0.6 is 0 Å². The molecule has 3 aromatic carbocycles. The SMILES string of the molecule is COc1cccc(-c2coc3c(C)c4oc(=O)c5ccccc5c4cc23)c1. The van der Waals surface area contributed by atoms with E-state index in [-0.39, 0.29) is 5.63 Å². The molecule has 4 heteroatoms. The predicted molar refractivity (Wildman–Crippen MR) is 106 cm³/mol. The maximum atomic E-state index is 12.4. The molecule has 2 heterocycles. The summed E-state index contributed by atoms with van der Waals surface area (Å²) in [6.07, 6.45) is 1.74. The van der Waals surface area contributed by atoms with Crippen LogP contribution in [0.1, 0.15) is 5.56 Å². The Morgan fingerprint density at radius 1 is 0.852 bits per heavy atom. The average molecular weight is 356 g/mol. The number of furan rings is 1. The van der Waals surface area contributed by atoms with Gasteiger partial charge < -0.3 is 13.6 Å². The fourth-order valence-corrected chi connectivity index (χ4v) is 3.71. The summed E-state index contributed by atoms with van der Waals surface area (Å²) in [7, 11) is 1.65. The van der Waals surface area contributed by atoms with E-state index in [0.717, 1.165) is 44.2 Å². The number of hydrogen-bond acceptors (Lipinski definition) is 4. The van der Waals surface area contributed by atoms with Crippen LogP contribution in [-0.2, 0) is 0 Å². The normalized spacial score (nSPS) is 11.5. The van der Waals surface area contributed by atoms with Gasteiger partial charge in [-0.05, 0) is 42.1 Å². The van der Waals surface area contributed by atoms with Crippen LogP contribution in [0.2, 0.25) is 0 Å². The first-order valence-electron chi connectivity index (χ1n) is 8.68. The van der Waals surface area contributed by atoms with Crippen LogP contribution in [0.3, 0.4) is 0 Å². The summed E-state index contributed by atoms with van der Waals surface area (Å²) in [5, 5.41) is 3.34. The van der Waals surface area contributed by atoms with Crippen LogP contribution in [0.15, 0.2) is 74.5 Å².